The molecule has 0 saturated carbocycles. The van der Waals surface area contributed by atoms with Gasteiger partial charge in [0.25, 0.3) is 0 Å². The number of ether oxygens (including phenoxy) is 4. The molecule has 0 amide bonds. The highest BCUT2D eigenvalue weighted by atomic mass is 16.5. The Kier molecular flexibility index (Phi) is 14.5. The molecule has 4 rings (SSSR count). The van der Waals surface area contributed by atoms with Crippen molar-refractivity contribution >= 4 is 6.15 Å². The summed E-state index contributed by atoms with van der Waals surface area (Å²) in [6, 6.07) is 34.1. The van der Waals surface area contributed by atoms with Crippen molar-refractivity contribution in [2.75, 3.05) is 54.6 Å². The van der Waals surface area contributed by atoms with E-state index in [0.717, 1.165) is 48.3 Å². The first-order valence-corrected chi connectivity index (χ1v) is 16.9. The Balaban J connectivity index is 0.000000559. The molecule has 0 bridgehead atoms. The van der Waals surface area contributed by atoms with E-state index in [4.69, 9.17) is 18.9 Å². The molecule has 0 saturated heterocycles. The lowest BCUT2D eigenvalue weighted by Gasteiger charge is -2.41. The Labute approximate surface area is 279 Å². The van der Waals surface area contributed by atoms with Crippen LogP contribution >= 0.6 is 0 Å². The van der Waals surface area contributed by atoms with Gasteiger partial charge in [-0.15, -0.1) is 0 Å². The van der Waals surface area contributed by atoms with Crippen LogP contribution in [0, 0.1) is 0 Å². The summed E-state index contributed by atoms with van der Waals surface area (Å²) in [5.41, 5.74) is 5.26. The standard InChI is InChI=1S/C32H36BO4.C8H20N/c1-34-29-13-5-25(6-14-29)21-33(22-26-7-15-30(35-2)16-8-26,23-27-9-17-31(36-3)18-10-27)24-28-11-19-32(37-4)20-12-28;1-5-9(6-2,7-3)8-4/h5-20H,21-24H2,1-4H3;5-8H2,1-4H3/q-1;+1. The number of methoxy groups -OCH3 is 4. The maximum Gasteiger partial charge on any atom is 0.118 e. The van der Waals surface area contributed by atoms with Crippen LogP contribution in [0.3, 0.4) is 0 Å². The average Bonchev–Trinajstić information content (AvgIpc) is 3.11. The van der Waals surface area contributed by atoms with Crippen molar-refractivity contribution in [1.82, 2.24) is 0 Å². The van der Waals surface area contributed by atoms with Gasteiger partial charge in [-0.05, 0) is 76.2 Å². The molecule has 248 valence electrons. The monoisotopic (exact) mass is 625 g/mol. The number of hydrogen-bond donors (Lipinski definition) is 0. The second-order valence-electron chi connectivity index (χ2n) is 12.5. The number of quaternary nitrogens is 1. The number of hydrogen-bond acceptors (Lipinski definition) is 4. The molecule has 0 atom stereocenters. The number of nitrogens with zero attached hydrogens (tertiary/aromatic N) is 1. The molecule has 0 aliphatic heterocycles. The molecule has 0 aromatic heterocycles. The summed E-state index contributed by atoms with van der Waals surface area (Å²) in [6.07, 6.45) is 2.96. The van der Waals surface area contributed by atoms with Gasteiger partial charge in [0, 0.05) is 6.15 Å². The molecule has 0 N–H and O–H groups in total. The first-order chi connectivity index (χ1) is 22.3. The van der Waals surface area contributed by atoms with E-state index in [-0.39, 0.29) is 0 Å². The Morgan fingerprint density at radius 3 is 0.696 bits per heavy atom. The van der Waals surface area contributed by atoms with Crippen LogP contribution in [0.15, 0.2) is 97.1 Å². The second-order valence-corrected chi connectivity index (χ2v) is 12.5. The molecule has 6 heteroatoms. The fourth-order valence-electron chi connectivity index (χ4n) is 6.82. The van der Waals surface area contributed by atoms with Crippen molar-refractivity contribution < 1.29 is 23.4 Å². The Morgan fingerprint density at radius 1 is 0.370 bits per heavy atom. The summed E-state index contributed by atoms with van der Waals surface area (Å²) < 4.78 is 23.0. The molecule has 0 spiro atoms. The van der Waals surface area contributed by atoms with Crippen molar-refractivity contribution in [3.05, 3.63) is 119 Å². The third-order valence-corrected chi connectivity index (χ3v) is 9.99. The fourth-order valence-corrected chi connectivity index (χ4v) is 6.82. The van der Waals surface area contributed by atoms with Gasteiger partial charge < -0.3 is 23.4 Å². The van der Waals surface area contributed by atoms with Crippen molar-refractivity contribution in [3.63, 3.8) is 0 Å². The van der Waals surface area contributed by atoms with Crippen molar-refractivity contribution in [3.8, 4) is 23.0 Å². The third-order valence-electron chi connectivity index (χ3n) is 9.99. The molecule has 0 unspecified atom stereocenters. The van der Waals surface area contributed by atoms with Gasteiger partial charge in [-0.1, -0.05) is 70.8 Å². The van der Waals surface area contributed by atoms with E-state index >= 15 is 0 Å². The van der Waals surface area contributed by atoms with Gasteiger partial charge in [-0.25, -0.2) is 0 Å². The molecule has 46 heavy (non-hydrogen) atoms. The molecular formula is C40H56BNO4. The summed E-state index contributed by atoms with van der Waals surface area (Å²) >= 11 is 0. The summed E-state index contributed by atoms with van der Waals surface area (Å²) in [4.78, 5) is 0. The van der Waals surface area contributed by atoms with Gasteiger partial charge in [0.15, 0.2) is 0 Å². The van der Waals surface area contributed by atoms with Crippen LogP contribution in [0.4, 0.5) is 0 Å². The smallest absolute Gasteiger partial charge is 0.118 e. The van der Waals surface area contributed by atoms with Gasteiger partial charge in [0.1, 0.15) is 23.0 Å². The lowest BCUT2D eigenvalue weighted by molar-refractivity contribution is -0.921. The van der Waals surface area contributed by atoms with E-state index in [1.54, 1.807) is 28.4 Å². The quantitative estimate of drug-likeness (QED) is 0.0925. The average molecular weight is 626 g/mol. The first-order valence-electron chi connectivity index (χ1n) is 16.9. The van der Waals surface area contributed by atoms with Crippen LogP contribution in [0.1, 0.15) is 49.9 Å². The number of benzene rings is 4. The molecule has 0 heterocycles. The predicted octanol–water partition coefficient (Wildman–Crippen LogP) is 8.48. The largest absolute Gasteiger partial charge is 0.497 e. The predicted molar refractivity (Wildman–Crippen MR) is 195 cm³/mol. The zero-order valence-electron chi connectivity index (χ0n) is 29.6. The highest BCUT2D eigenvalue weighted by molar-refractivity contribution is 6.77. The first kappa shape index (κ1) is 36.6. The summed E-state index contributed by atoms with van der Waals surface area (Å²) in [6.45, 7) is 14.2. The Hall–Kier alpha value is -3.90. The second kappa shape index (κ2) is 18.3. The minimum Gasteiger partial charge on any atom is -0.497 e. The summed E-state index contributed by atoms with van der Waals surface area (Å²) in [7, 11) is 6.83. The van der Waals surface area contributed by atoms with Crippen LogP contribution in [0.25, 0.3) is 0 Å². The van der Waals surface area contributed by atoms with Crippen molar-refractivity contribution in [1.29, 1.82) is 0 Å². The van der Waals surface area contributed by atoms with E-state index < -0.39 is 6.15 Å². The van der Waals surface area contributed by atoms with Crippen LogP contribution < -0.4 is 18.9 Å². The molecule has 0 aliphatic carbocycles. The van der Waals surface area contributed by atoms with E-state index in [0.29, 0.717) is 0 Å². The molecule has 5 nitrogen and oxygen atoms in total. The zero-order valence-corrected chi connectivity index (χ0v) is 29.6. The fraction of sp³-hybridized carbons (Fsp3) is 0.400. The maximum absolute atomic E-state index is 5.42. The number of rotatable bonds is 16. The lowest BCUT2D eigenvalue weighted by Crippen LogP contribution is -2.47. The van der Waals surface area contributed by atoms with Gasteiger partial charge >= 0.3 is 0 Å². The van der Waals surface area contributed by atoms with E-state index in [2.05, 4.69) is 125 Å². The molecule has 0 radical (unpaired) electrons. The normalized spacial score (nSPS) is 11.3. The van der Waals surface area contributed by atoms with E-state index in [1.165, 1.54) is 52.9 Å². The summed E-state index contributed by atoms with van der Waals surface area (Å²) in [5.74, 6) is 3.51. The topological polar surface area (TPSA) is 36.9 Å². The Bertz CT molecular complexity index is 1180. The van der Waals surface area contributed by atoms with Crippen LogP contribution in [-0.4, -0.2) is 65.2 Å². The molecule has 0 fully saturated rings. The van der Waals surface area contributed by atoms with E-state index in [1.807, 2.05) is 0 Å². The minimum atomic E-state index is -0.957. The third kappa shape index (κ3) is 10.6. The SMILES string of the molecule is CC[N+](CC)(CC)CC.COc1ccc(C[B-](Cc2ccc(OC)cc2)(Cc2ccc(OC)cc2)Cc2ccc(OC)cc2)cc1. The molecule has 4 aromatic rings. The highest BCUT2D eigenvalue weighted by Crippen LogP contribution is 2.29. The van der Waals surface area contributed by atoms with Gasteiger partial charge in [-0.3, -0.25) is 0 Å². The van der Waals surface area contributed by atoms with Crippen LogP contribution in [-0.2, 0) is 25.3 Å². The minimum absolute atomic E-state index is 0.877. The van der Waals surface area contributed by atoms with E-state index in [9.17, 15) is 0 Å². The Morgan fingerprint density at radius 2 is 0.565 bits per heavy atom. The zero-order chi connectivity index (χ0) is 33.4. The lowest BCUT2D eigenvalue weighted by atomic mass is 9.16. The molecule has 0 aliphatic rings. The van der Waals surface area contributed by atoms with Crippen molar-refractivity contribution in [2.24, 2.45) is 0 Å². The van der Waals surface area contributed by atoms with Crippen LogP contribution in [0.5, 0.6) is 23.0 Å². The van der Waals surface area contributed by atoms with Crippen LogP contribution in [0.2, 0.25) is 0 Å². The molecule has 4 aromatic carbocycles. The molecular weight excluding hydrogens is 569 g/mol. The summed E-state index contributed by atoms with van der Waals surface area (Å²) in [5, 5.41) is 0. The van der Waals surface area contributed by atoms with Crippen molar-refractivity contribution in [2.45, 2.75) is 53.0 Å². The van der Waals surface area contributed by atoms with Gasteiger partial charge in [0.2, 0.25) is 0 Å². The van der Waals surface area contributed by atoms with Gasteiger partial charge in [0.05, 0.1) is 54.6 Å². The van der Waals surface area contributed by atoms with Gasteiger partial charge in [-0.2, -0.15) is 25.3 Å². The highest BCUT2D eigenvalue weighted by Gasteiger charge is 2.27. The maximum atomic E-state index is 5.42.